The molecular weight excluding hydrogens is 416 g/mol. The third-order valence-corrected chi connectivity index (χ3v) is 4.79. The molecule has 0 aliphatic rings. The molecule has 1 heterocycles. The van der Waals surface area contributed by atoms with Crippen LogP contribution in [0, 0.1) is 17.0 Å². The molecule has 8 heteroatoms. The molecule has 0 amide bonds. The molecular formula is C18H19BrN4O2S. The first kappa shape index (κ1) is 19.9. The number of rotatable bonds is 7. The summed E-state index contributed by atoms with van der Waals surface area (Å²) in [5, 5.41) is 20.8. The maximum absolute atomic E-state index is 11.1. The summed E-state index contributed by atoms with van der Waals surface area (Å²) in [5.41, 5.74) is 2.81. The average molecular weight is 435 g/mol. The van der Waals surface area contributed by atoms with E-state index in [2.05, 4.69) is 27.5 Å². The lowest BCUT2D eigenvalue weighted by Crippen LogP contribution is -3.00. The number of benzene rings is 2. The highest BCUT2D eigenvalue weighted by Gasteiger charge is 2.16. The van der Waals surface area contributed by atoms with Gasteiger partial charge in [-0.05, 0) is 25.1 Å². The van der Waals surface area contributed by atoms with Crippen LogP contribution in [0.5, 0.6) is 0 Å². The highest BCUT2D eigenvalue weighted by Crippen LogP contribution is 2.23. The molecule has 1 aromatic heterocycles. The lowest BCUT2D eigenvalue weighted by Gasteiger charge is -2.07. The smallest absolute Gasteiger partial charge is 0.339 e. The molecule has 0 saturated heterocycles. The minimum Gasteiger partial charge on any atom is -1.00 e. The molecule has 0 unspecified atom stereocenters. The van der Waals surface area contributed by atoms with Gasteiger partial charge in [0.25, 0.3) is 5.69 Å². The zero-order chi connectivity index (χ0) is 17.6. The largest absolute Gasteiger partial charge is 1.00 e. The van der Waals surface area contributed by atoms with Gasteiger partial charge in [0.1, 0.15) is 23.6 Å². The number of nitrogens with zero attached hydrogens (tertiary/aromatic N) is 2. The molecule has 0 radical (unpaired) electrons. The molecule has 2 aromatic carbocycles. The van der Waals surface area contributed by atoms with Gasteiger partial charge >= 0.3 is 5.13 Å². The van der Waals surface area contributed by atoms with Crippen LogP contribution in [0.1, 0.15) is 5.69 Å². The fourth-order valence-corrected chi connectivity index (χ4v) is 3.48. The summed E-state index contributed by atoms with van der Waals surface area (Å²) >= 11 is 1.64. The highest BCUT2D eigenvalue weighted by molar-refractivity contribution is 7.13. The van der Waals surface area contributed by atoms with Gasteiger partial charge in [-0.25, -0.2) is 9.88 Å². The van der Waals surface area contributed by atoms with Crippen LogP contribution in [0.4, 0.5) is 22.2 Å². The summed E-state index contributed by atoms with van der Waals surface area (Å²) in [7, 11) is 0. The summed E-state index contributed by atoms with van der Waals surface area (Å²) in [6, 6.07) is 16.7. The standard InChI is InChI=1S/C18H18N4O2S.BrH/c1-14-13-25-18(20-15-7-3-2-4-8-15)21(14)12-11-19-16-9-5-6-10-17(16)22(23)24;/h2-10,13,19H,11-12H2,1H3;1H. The quantitative estimate of drug-likeness (QED) is 0.332. The topological polar surface area (TPSA) is 71.1 Å². The van der Waals surface area contributed by atoms with Gasteiger partial charge in [-0.2, -0.15) is 0 Å². The Morgan fingerprint density at radius 3 is 2.54 bits per heavy atom. The molecule has 6 nitrogen and oxygen atoms in total. The molecule has 2 N–H and O–H groups in total. The zero-order valence-electron chi connectivity index (χ0n) is 14.2. The van der Waals surface area contributed by atoms with E-state index in [0.717, 1.165) is 16.5 Å². The number of nitrogens with one attached hydrogen (secondary N) is 2. The molecule has 0 aliphatic heterocycles. The van der Waals surface area contributed by atoms with Crippen LogP contribution >= 0.6 is 11.3 Å². The van der Waals surface area contributed by atoms with Crippen molar-refractivity contribution in [2.75, 3.05) is 17.2 Å². The van der Waals surface area contributed by atoms with Gasteiger partial charge in [0.05, 0.1) is 11.5 Å². The van der Waals surface area contributed by atoms with E-state index in [0.29, 0.717) is 18.8 Å². The van der Waals surface area contributed by atoms with E-state index in [4.69, 9.17) is 0 Å². The fraction of sp³-hybridized carbons (Fsp3) is 0.167. The average Bonchev–Trinajstić information content (AvgIpc) is 2.96. The van der Waals surface area contributed by atoms with Gasteiger partial charge in [0.2, 0.25) is 0 Å². The Hall–Kier alpha value is -2.45. The van der Waals surface area contributed by atoms with E-state index >= 15 is 0 Å². The second-order valence-corrected chi connectivity index (χ2v) is 6.38. The monoisotopic (exact) mass is 434 g/mol. The summed E-state index contributed by atoms with van der Waals surface area (Å²) < 4.78 is 2.17. The SMILES string of the molecule is Cc1csc(Nc2ccccc2)[n+]1CCNc1ccccc1[N+](=O)[O-].[Br-]. The summed E-state index contributed by atoms with van der Waals surface area (Å²) in [4.78, 5) is 10.7. The van der Waals surface area contributed by atoms with Crippen molar-refractivity contribution in [3.8, 4) is 0 Å². The van der Waals surface area contributed by atoms with Crippen LogP contribution in [-0.2, 0) is 6.54 Å². The molecule has 0 aliphatic carbocycles. The Morgan fingerprint density at radius 2 is 1.81 bits per heavy atom. The molecule has 0 atom stereocenters. The third kappa shape index (κ3) is 4.80. The minimum absolute atomic E-state index is 0. The summed E-state index contributed by atoms with van der Waals surface area (Å²) in [6.45, 7) is 3.35. The molecule has 26 heavy (non-hydrogen) atoms. The first-order valence-corrected chi connectivity index (χ1v) is 8.80. The van der Waals surface area contributed by atoms with E-state index in [1.165, 1.54) is 6.07 Å². The molecule has 0 spiro atoms. The highest BCUT2D eigenvalue weighted by atomic mass is 79.9. The number of nitro benzene ring substituents is 1. The van der Waals surface area contributed by atoms with E-state index in [1.54, 1.807) is 29.5 Å². The van der Waals surface area contributed by atoms with Crippen LogP contribution in [0.3, 0.4) is 0 Å². The van der Waals surface area contributed by atoms with Gasteiger partial charge in [-0.15, -0.1) is 0 Å². The third-order valence-electron chi connectivity index (χ3n) is 3.79. The van der Waals surface area contributed by atoms with E-state index in [1.807, 2.05) is 30.3 Å². The van der Waals surface area contributed by atoms with Crippen molar-refractivity contribution >= 4 is 33.5 Å². The normalized spacial score (nSPS) is 10.0. The predicted molar refractivity (Wildman–Crippen MR) is 101 cm³/mol. The van der Waals surface area contributed by atoms with Gasteiger partial charge in [-0.1, -0.05) is 41.7 Å². The second kappa shape index (κ2) is 9.30. The number of hydrogen-bond donors (Lipinski definition) is 2. The predicted octanol–water partition coefficient (Wildman–Crippen LogP) is 1.11. The van der Waals surface area contributed by atoms with Crippen LogP contribution in [0.15, 0.2) is 60.0 Å². The molecule has 136 valence electrons. The second-order valence-electron chi connectivity index (χ2n) is 5.53. The Balaban J connectivity index is 0.00000243. The number of aromatic nitrogens is 1. The van der Waals surface area contributed by atoms with Crippen LogP contribution in [0.25, 0.3) is 0 Å². The van der Waals surface area contributed by atoms with Gasteiger partial charge in [0, 0.05) is 11.4 Å². The maximum Gasteiger partial charge on any atom is 0.339 e. The van der Waals surface area contributed by atoms with Crippen molar-refractivity contribution in [1.82, 2.24) is 0 Å². The number of anilines is 3. The molecule has 0 saturated carbocycles. The van der Waals surface area contributed by atoms with Crippen molar-refractivity contribution in [2.45, 2.75) is 13.5 Å². The molecule has 3 aromatic rings. The van der Waals surface area contributed by atoms with E-state index < -0.39 is 0 Å². The summed E-state index contributed by atoms with van der Waals surface area (Å²) in [6.07, 6.45) is 0. The van der Waals surface area contributed by atoms with Crippen LogP contribution in [-0.4, -0.2) is 11.5 Å². The summed E-state index contributed by atoms with van der Waals surface area (Å²) in [5.74, 6) is 0. The van der Waals surface area contributed by atoms with E-state index in [-0.39, 0.29) is 27.6 Å². The Bertz CT molecular complexity index is 871. The number of para-hydroxylation sites is 3. The lowest BCUT2D eigenvalue weighted by atomic mass is 10.2. The van der Waals surface area contributed by atoms with Crippen molar-refractivity contribution in [3.05, 3.63) is 75.8 Å². The number of thiazole rings is 1. The number of hydrogen-bond acceptors (Lipinski definition) is 5. The minimum atomic E-state index is -0.367. The first-order valence-electron chi connectivity index (χ1n) is 7.92. The van der Waals surface area contributed by atoms with Gasteiger partial charge < -0.3 is 22.3 Å². The van der Waals surface area contributed by atoms with Crippen molar-refractivity contribution in [2.24, 2.45) is 0 Å². The van der Waals surface area contributed by atoms with Crippen molar-refractivity contribution in [1.29, 1.82) is 0 Å². The van der Waals surface area contributed by atoms with Crippen molar-refractivity contribution in [3.63, 3.8) is 0 Å². The van der Waals surface area contributed by atoms with Crippen LogP contribution < -0.4 is 32.2 Å². The number of aryl methyl sites for hydroxylation is 1. The molecule has 0 fully saturated rings. The van der Waals surface area contributed by atoms with Crippen LogP contribution in [0.2, 0.25) is 0 Å². The number of nitro groups is 1. The van der Waals surface area contributed by atoms with Crippen molar-refractivity contribution < 1.29 is 26.5 Å². The zero-order valence-corrected chi connectivity index (χ0v) is 16.6. The first-order chi connectivity index (χ1) is 12.1. The number of halogens is 1. The maximum atomic E-state index is 11.1. The Kier molecular flexibility index (Phi) is 7.11. The fourth-order valence-electron chi connectivity index (χ4n) is 2.53. The lowest BCUT2D eigenvalue weighted by molar-refractivity contribution is -0.681. The molecule has 0 bridgehead atoms. The van der Waals surface area contributed by atoms with E-state index in [9.17, 15) is 10.1 Å². The Morgan fingerprint density at radius 1 is 1.12 bits per heavy atom. The Labute approximate surface area is 166 Å². The molecule has 3 rings (SSSR count). The van der Waals surface area contributed by atoms with Gasteiger partial charge in [-0.3, -0.25) is 10.1 Å². The van der Waals surface area contributed by atoms with Gasteiger partial charge in [0.15, 0.2) is 0 Å².